The van der Waals surface area contributed by atoms with Gasteiger partial charge in [-0.2, -0.15) is 13.2 Å². The molecule has 2 rings (SSSR count). The predicted molar refractivity (Wildman–Crippen MR) is 112 cm³/mol. The van der Waals surface area contributed by atoms with E-state index in [0.29, 0.717) is 24.6 Å². The van der Waals surface area contributed by atoms with Crippen LogP contribution in [-0.4, -0.2) is 50.5 Å². The van der Waals surface area contributed by atoms with Crippen LogP contribution in [0, 0.1) is 17.3 Å². The number of alkyl halides is 3. The van der Waals surface area contributed by atoms with Crippen LogP contribution in [0.3, 0.4) is 0 Å². The van der Waals surface area contributed by atoms with Crippen molar-refractivity contribution in [1.82, 2.24) is 15.5 Å². The highest BCUT2D eigenvalue weighted by atomic mass is 19.4. The zero-order valence-corrected chi connectivity index (χ0v) is 17.7. The number of hydrogen-bond acceptors (Lipinski definition) is 2. The maximum absolute atomic E-state index is 12.8. The van der Waals surface area contributed by atoms with Crippen molar-refractivity contribution in [1.29, 1.82) is 0 Å². The fourth-order valence-corrected chi connectivity index (χ4v) is 3.59. The van der Waals surface area contributed by atoms with Gasteiger partial charge in [0.25, 0.3) is 0 Å². The number of rotatable bonds is 5. The third-order valence-electron chi connectivity index (χ3n) is 5.07. The van der Waals surface area contributed by atoms with Gasteiger partial charge in [0.1, 0.15) is 0 Å². The molecule has 0 radical (unpaired) electrons. The fraction of sp³-hybridized carbons (Fsp3) is 0.545. The predicted octanol–water partition coefficient (Wildman–Crippen LogP) is 3.26. The van der Waals surface area contributed by atoms with Crippen LogP contribution in [0.5, 0.6) is 0 Å². The molecule has 1 aliphatic carbocycles. The van der Waals surface area contributed by atoms with Crippen LogP contribution in [0.4, 0.5) is 13.2 Å². The Morgan fingerprint density at radius 2 is 1.93 bits per heavy atom. The van der Waals surface area contributed by atoms with E-state index in [1.807, 2.05) is 6.92 Å². The van der Waals surface area contributed by atoms with E-state index >= 15 is 0 Å². The first-order chi connectivity index (χ1) is 14.2. The van der Waals surface area contributed by atoms with Crippen molar-refractivity contribution in [3.8, 4) is 11.8 Å². The van der Waals surface area contributed by atoms with E-state index in [4.69, 9.17) is 0 Å². The van der Waals surface area contributed by atoms with Gasteiger partial charge in [0, 0.05) is 26.2 Å². The third-order valence-corrected chi connectivity index (χ3v) is 5.07. The molecule has 0 aromatic heterocycles. The number of guanidine groups is 1. The minimum Gasteiger partial charge on any atom is -0.357 e. The number of benzene rings is 1. The number of halogens is 3. The highest BCUT2D eigenvalue weighted by Gasteiger charge is 2.42. The summed E-state index contributed by atoms with van der Waals surface area (Å²) in [7, 11) is 3.53. The maximum Gasteiger partial charge on any atom is 0.416 e. The highest BCUT2D eigenvalue weighted by molar-refractivity contribution is 5.84. The molecule has 5 nitrogen and oxygen atoms in total. The van der Waals surface area contributed by atoms with Gasteiger partial charge in [0.2, 0.25) is 5.91 Å². The Morgan fingerprint density at radius 3 is 2.53 bits per heavy atom. The molecule has 0 aliphatic heterocycles. The Bertz CT molecular complexity index is 816. The van der Waals surface area contributed by atoms with E-state index in [1.54, 1.807) is 19.0 Å². The van der Waals surface area contributed by atoms with Crippen LogP contribution < -0.4 is 10.6 Å². The van der Waals surface area contributed by atoms with E-state index in [9.17, 15) is 18.0 Å². The lowest BCUT2D eigenvalue weighted by Crippen LogP contribution is -2.43. The zero-order chi connectivity index (χ0) is 22.2. The van der Waals surface area contributed by atoms with Gasteiger partial charge in [0.15, 0.2) is 5.96 Å². The van der Waals surface area contributed by atoms with E-state index in [0.717, 1.165) is 37.8 Å². The van der Waals surface area contributed by atoms with Crippen molar-refractivity contribution in [2.45, 2.75) is 38.8 Å². The van der Waals surface area contributed by atoms with Crippen LogP contribution in [0.25, 0.3) is 0 Å². The minimum absolute atomic E-state index is 0.101. The summed E-state index contributed by atoms with van der Waals surface area (Å²) in [6, 6.07) is 4.93. The molecule has 0 unspecified atom stereocenters. The molecular formula is C22H29F3N4O. The molecule has 30 heavy (non-hydrogen) atoms. The average molecular weight is 422 g/mol. The van der Waals surface area contributed by atoms with Crippen molar-refractivity contribution in [2.24, 2.45) is 10.4 Å². The summed E-state index contributed by atoms with van der Waals surface area (Å²) in [4.78, 5) is 18.9. The topological polar surface area (TPSA) is 56.7 Å². The van der Waals surface area contributed by atoms with Crippen molar-refractivity contribution >= 4 is 11.9 Å². The molecule has 0 bridgehead atoms. The molecule has 164 valence electrons. The van der Waals surface area contributed by atoms with Crippen LogP contribution in [0.1, 0.15) is 43.7 Å². The second kappa shape index (κ2) is 10.4. The van der Waals surface area contributed by atoms with E-state index in [1.165, 1.54) is 12.1 Å². The maximum atomic E-state index is 12.8. The second-order valence-electron chi connectivity index (χ2n) is 7.62. The first-order valence-corrected chi connectivity index (χ1v) is 10.1. The van der Waals surface area contributed by atoms with Crippen molar-refractivity contribution in [3.05, 3.63) is 35.4 Å². The number of nitrogens with zero attached hydrogens (tertiary/aromatic N) is 2. The molecule has 1 aromatic rings. The molecule has 2 N–H and O–H groups in total. The number of carbonyl (C=O) groups excluding carboxylic acids is 1. The Kier molecular flexibility index (Phi) is 8.16. The van der Waals surface area contributed by atoms with Gasteiger partial charge in [-0.05, 0) is 38.0 Å². The summed E-state index contributed by atoms with van der Waals surface area (Å²) in [5.41, 5.74) is -0.880. The van der Waals surface area contributed by atoms with E-state index < -0.39 is 17.2 Å². The molecule has 0 spiro atoms. The minimum atomic E-state index is -4.39. The Labute approximate surface area is 176 Å². The first-order valence-electron chi connectivity index (χ1n) is 10.1. The van der Waals surface area contributed by atoms with Crippen molar-refractivity contribution in [2.75, 3.05) is 33.7 Å². The van der Waals surface area contributed by atoms with Crippen LogP contribution in [0.15, 0.2) is 29.3 Å². The highest BCUT2D eigenvalue weighted by Crippen LogP contribution is 2.39. The summed E-state index contributed by atoms with van der Waals surface area (Å²) in [6.07, 6.45) is -0.714. The normalized spacial score (nSPS) is 15.9. The summed E-state index contributed by atoms with van der Waals surface area (Å²) < 4.78 is 38.4. The second-order valence-corrected chi connectivity index (χ2v) is 7.62. The smallest absolute Gasteiger partial charge is 0.357 e. The monoisotopic (exact) mass is 422 g/mol. The number of hydrogen-bond donors (Lipinski definition) is 2. The number of aliphatic imine (C=N–C) groups is 1. The number of carbonyl (C=O) groups is 1. The molecule has 0 atom stereocenters. The number of nitrogens with one attached hydrogen (secondary N) is 2. The summed E-state index contributed by atoms with van der Waals surface area (Å²) >= 11 is 0. The first kappa shape index (κ1) is 23.6. The largest absolute Gasteiger partial charge is 0.416 e. The van der Waals surface area contributed by atoms with Gasteiger partial charge in [-0.1, -0.05) is 30.7 Å². The fourth-order valence-electron chi connectivity index (χ4n) is 3.59. The van der Waals surface area contributed by atoms with Gasteiger partial charge in [-0.15, -0.1) is 0 Å². The van der Waals surface area contributed by atoms with E-state index in [2.05, 4.69) is 27.5 Å². The number of amides is 1. The molecule has 1 fully saturated rings. The summed E-state index contributed by atoms with van der Waals surface area (Å²) in [5, 5.41) is 6.18. The van der Waals surface area contributed by atoms with Crippen LogP contribution >= 0.6 is 0 Å². The molecule has 1 aromatic carbocycles. The van der Waals surface area contributed by atoms with Gasteiger partial charge in [0.05, 0.1) is 24.1 Å². The molecule has 8 heteroatoms. The van der Waals surface area contributed by atoms with Crippen LogP contribution in [0.2, 0.25) is 0 Å². The Balaban J connectivity index is 2.03. The lowest BCUT2D eigenvalue weighted by molar-refractivity contribution is -0.139. The molecule has 1 saturated carbocycles. The summed E-state index contributed by atoms with van der Waals surface area (Å²) in [6.45, 7) is 3.18. The molecule has 1 aliphatic rings. The van der Waals surface area contributed by atoms with Crippen molar-refractivity contribution < 1.29 is 18.0 Å². The third kappa shape index (κ3) is 6.41. The Morgan fingerprint density at radius 1 is 1.23 bits per heavy atom. The van der Waals surface area contributed by atoms with Gasteiger partial charge >= 0.3 is 6.18 Å². The van der Waals surface area contributed by atoms with Gasteiger partial charge in [-0.3, -0.25) is 9.79 Å². The molecule has 1 amide bonds. The standard InChI is InChI=1S/C22H29F3N4O/c1-4-26-20(28-16-21(12-5-6-13-21)19(30)29(2)3)27-14-8-10-17-9-7-11-18(15-17)22(23,24)25/h7,9,11,15H,4-6,12-14,16H2,1-3H3,(H2,26,27,28). The zero-order valence-electron chi connectivity index (χ0n) is 17.7. The quantitative estimate of drug-likeness (QED) is 0.435. The Hall–Kier alpha value is -2.69. The van der Waals surface area contributed by atoms with Crippen molar-refractivity contribution in [3.63, 3.8) is 0 Å². The SMILES string of the molecule is CCNC(=NCC1(C(=O)N(C)C)CCCC1)NCC#Cc1cccc(C(F)(F)F)c1. The molecule has 0 heterocycles. The molecule has 0 saturated heterocycles. The van der Waals surface area contributed by atoms with Crippen LogP contribution in [-0.2, 0) is 11.0 Å². The average Bonchev–Trinajstić information content (AvgIpc) is 3.18. The lowest BCUT2D eigenvalue weighted by Gasteiger charge is -2.29. The van der Waals surface area contributed by atoms with Gasteiger partial charge < -0.3 is 15.5 Å². The van der Waals surface area contributed by atoms with E-state index in [-0.39, 0.29) is 12.5 Å². The molecular weight excluding hydrogens is 393 g/mol. The summed E-state index contributed by atoms with van der Waals surface area (Å²) in [5.74, 6) is 6.20. The lowest BCUT2D eigenvalue weighted by atomic mass is 9.85. The van der Waals surface area contributed by atoms with Gasteiger partial charge in [-0.25, -0.2) is 0 Å².